The van der Waals surface area contributed by atoms with Crippen LogP contribution in [0.1, 0.15) is 35.7 Å². The molecule has 0 spiro atoms. The highest BCUT2D eigenvalue weighted by Gasteiger charge is 2.22. The third-order valence-electron chi connectivity index (χ3n) is 2.98. The maximum Gasteiger partial charge on any atom is 0.337 e. The molecule has 4 heteroatoms. The molecule has 4 nitrogen and oxygen atoms in total. The van der Waals surface area contributed by atoms with Gasteiger partial charge in [0.2, 0.25) is 0 Å². The van der Waals surface area contributed by atoms with Crippen molar-refractivity contribution in [2.24, 2.45) is 0 Å². The zero-order valence-corrected chi connectivity index (χ0v) is 10.5. The molecule has 1 unspecified atom stereocenters. The predicted octanol–water partition coefficient (Wildman–Crippen LogP) is 2.75. The standard InChI is InChI=1S/C13H18N2O2/c1-4-5-11-14-10-7-9(13(16)17-3)6-8(2)12(10)15-11/h6-7,11,14-15H,4-5H2,1-3H3. The molecule has 17 heavy (non-hydrogen) atoms. The molecule has 0 bridgehead atoms. The summed E-state index contributed by atoms with van der Waals surface area (Å²) < 4.78 is 4.74. The summed E-state index contributed by atoms with van der Waals surface area (Å²) in [5.41, 5.74) is 3.74. The second kappa shape index (κ2) is 4.65. The lowest BCUT2D eigenvalue weighted by molar-refractivity contribution is 0.0600. The molecule has 1 atom stereocenters. The molecule has 1 aromatic rings. The Morgan fingerprint density at radius 1 is 1.41 bits per heavy atom. The van der Waals surface area contributed by atoms with Crippen molar-refractivity contribution in [1.82, 2.24) is 0 Å². The third-order valence-corrected chi connectivity index (χ3v) is 2.98. The van der Waals surface area contributed by atoms with Crippen molar-refractivity contribution >= 4 is 17.3 Å². The Labute approximate surface area is 101 Å². The number of fused-ring (bicyclic) bond motifs is 1. The molecule has 0 radical (unpaired) electrons. The number of methoxy groups -OCH3 is 1. The van der Waals surface area contributed by atoms with Crippen molar-refractivity contribution in [1.29, 1.82) is 0 Å². The number of hydrogen-bond acceptors (Lipinski definition) is 4. The summed E-state index contributed by atoms with van der Waals surface area (Å²) in [6, 6.07) is 3.70. The molecule has 92 valence electrons. The lowest BCUT2D eigenvalue weighted by atomic mass is 10.1. The topological polar surface area (TPSA) is 50.4 Å². The highest BCUT2D eigenvalue weighted by molar-refractivity contribution is 5.94. The summed E-state index contributed by atoms with van der Waals surface area (Å²) in [6.07, 6.45) is 2.44. The van der Waals surface area contributed by atoms with Crippen molar-refractivity contribution in [3.05, 3.63) is 23.3 Å². The summed E-state index contributed by atoms with van der Waals surface area (Å²) in [5, 5.41) is 6.80. The van der Waals surface area contributed by atoms with Crippen LogP contribution in [0.5, 0.6) is 0 Å². The third kappa shape index (κ3) is 2.20. The summed E-state index contributed by atoms with van der Waals surface area (Å²) in [6.45, 7) is 4.15. The van der Waals surface area contributed by atoms with E-state index in [2.05, 4.69) is 17.6 Å². The molecule has 2 N–H and O–H groups in total. The van der Waals surface area contributed by atoms with Crippen molar-refractivity contribution in [2.45, 2.75) is 32.9 Å². The van der Waals surface area contributed by atoms with Crippen molar-refractivity contribution < 1.29 is 9.53 Å². The molecule has 0 aliphatic carbocycles. The molecule has 2 rings (SSSR count). The van der Waals surface area contributed by atoms with Crippen molar-refractivity contribution in [3.8, 4) is 0 Å². The summed E-state index contributed by atoms with van der Waals surface area (Å²) in [5.74, 6) is -0.295. The minimum Gasteiger partial charge on any atom is -0.465 e. The molecule has 1 aliphatic heterocycles. The number of anilines is 2. The highest BCUT2D eigenvalue weighted by atomic mass is 16.5. The van der Waals surface area contributed by atoms with Gasteiger partial charge in [-0.1, -0.05) is 13.3 Å². The van der Waals surface area contributed by atoms with Crippen LogP contribution in [0, 0.1) is 6.92 Å². The SMILES string of the molecule is CCCC1Nc2cc(C(=O)OC)cc(C)c2N1. The highest BCUT2D eigenvalue weighted by Crippen LogP contribution is 2.34. The van der Waals surface area contributed by atoms with Crippen LogP contribution >= 0.6 is 0 Å². The number of ether oxygens (including phenoxy) is 1. The lowest BCUT2D eigenvalue weighted by Crippen LogP contribution is -2.21. The van der Waals surface area contributed by atoms with Gasteiger partial charge < -0.3 is 15.4 Å². The molecule has 1 aliphatic rings. The Hall–Kier alpha value is -1.71. The fourth-order valence-electron chi connectivity index (χ4n) is 2.16. The number of carbonyl (C=O) groups excluding carboxylic acids is 1. The molecule has 0 saturated carbocycles. The fraction of sp³-hybridized carbons (Fsp3) is 0.462. The first-order chi connectivity index (χ1) is 8.15. The van der Waals surface area contributed by atoms with Gasteiger partial charge in [0.25, 0.3) is 0 Å². The van der Waals surface area contributed by atoms with E-state index in [9.17, 15) is 4.79 Å². The van der Waals surface area contributed by atoms with Crippen LogP contribution in [0.2, 0.25) is 0 Å². The van der Waals surface area contributed by atoms with Gasteiger partial charge in [-0.15, -0.1) is 0 Å². The number of benzene rings is 1. The Morgan fingerprint density at radius 3 is 2.82 bits per heavy atom. The fourth-order valence-corrected chi connectivity index (χ4v) is 2.16. The van der Waals surface area contributed by atoms with E-state index < -0.39 is 0 Å². The summed E-state index contributed by atoms with van der Waals surface area (Å²) >= 11 is 0. The van der Waals surface area contributed by atoms with Gasteiger partial charge in [0, 0.05) is 0 Å². The smallest absolute Gasteiger partial charge is 0.337 e. The van der Waals surface area contributed by atoms with Crippen LogP contribution in [0.25, 0.3) is 0 Å². The van der Waals surface area contributed by atoms with Gasteiger partial charge in [-0.25, -0.2) is 4.79 Å². The average molecular weight is 234 g/mol. The Bertz CT molecular complexity index is 443. The minimum absolute atomic E-state index is 0.265. The van der Waals surface area contributed by atoms with E-state index in [1.807, 2.05) is 19.1 Å². The van der Waals surface area contributed by atoms with Gasteiger partial charge in [0.1, 0.15) is 0 Å². The number of carbonyl (C=O) groups is 1. The van der Waals surface area contributed by atoms with Crippen LogP contribution in [0.3, 0.4) is 0 Å². The van der Waals surface area contributed by atoms with E-state index in [-0.39, 0.29) is 12.1 Å². The van der Waals surface area contributed by atoms with E-state index in [0.29, 0.717) is 5.56 Å². The van der Waals surface area contributed by atoms with Gasteiger partial charge in [-0.05, 0) is 31.0 Å². The number of rotatable bonds is 3. The molecule has 1 heterocycles. The van der Waals surface area contributed by atoms with E-state index in [1.165, 1.54) is 7.11 Å². The van der Waals surface area contributed by atoms with Gasteiger partial charge >= 0.3 is 5.97 Å². The first kappa shape index (κ1) is 11.8. The van der Waals surface area contributed by atoms with E-state index in [0.717, 1.165) is 29.8 Å². The molecule has 0 fully saturated rings. The van der Waals surface area contributed by atoms with Gasteiger partial charge in [0.15, 0.2) is 0 Å². The summed E-state index contributed by atoms with van der Waals surface area (Å²) in [4.78, 5) is 11.5. The number of aryl methyl sites for hydroxylation is 1. The first-order valence-electron chi connectivity index (χ1n) is 5.91. The molecule has 0 aromatic heterocycles. The van der Waals surface area contributed by atoms with Crippen LogP contribution < -0.4 is 10.6 Å². The van der Waals surface area contributed by atoms with E-state index in [4.69, 9.17) is 4.74 Å². The largest absolute Gasteiger partial charge is 0.465 e. The normalized spacial score (nSPS) is 17.0. The van der Waals surface area contributed by atoms with Gasteiger partial charge in [0.05, 0.1) is 30.2 Å². The first-order valence-corrected chi connectivity index (χ1v) is 5.91. The Morgan fingerprint density at radius 2 is 2.18 bits per heavy atom. The van der Waals surface area contributed by atoms with Crippen molar-refractivity contribution in [2.75, 3.05) is 17.7 Å². The van der Waals surface area contributed by atoms with Crippen LogP contribution in [0.4, 0.5) is 11.4 Å². The summed E-state index contributed by atoms with van der Waals surface area (Å²) in [7, 11) is 1.40. The predicted molar refractivity (Wildman–Crippen MR) is 68.5 cm³/mol. The Kier molecular flexibility index (Phi) is 3.22. The molecule has 1 aromatic carbocycles. The minimum atomic E-state index is -0.295. The van der Waals surface area contributed by atoms with Crippen molar-refractivity contribution in [3.63, 3.8) is 0 Å². The monoisotopic (exact) mass is 234 g/mol. The zero-order valence-electron chi connectivity index (χ0n) is 10.5. The Balaban J connectivity index is 2.29. The maximum atomic E-state index is 11.5. The lowest BCUT2D eigenvalue weighted by Gasteiger charge is -2.10. The van der Waals surface area contributed by atoms with Crippen LogP contribution in [-0.2, 0) is 4.74 Å². The number of esters is 1. The zero-order chi connectivity index (χ0) is 12.4. The van der Waals surface area contributed by atoms with Crippen LogP contribution in [-0.4, -0.2) is 19.2 Å². The van der Waals surface area contributed by atoms with Gasteiger partial charge in [-0.2, -0.15) is 0 Å². The molecular weight excluding hydrogens is 216 g/mol. The van der Waals surface area contributed by atoms with Gasteiger partial charge in [-0.3, -0.25) is 0 Å². The van der Waals surface area contributed by atoms with Crippen LogP contribution in [0.15, 0.2) is 12.1 Å². The van der Waals surface area contributed by atoms with E-state index in [1.54, 1.807) is 0 Å². The maximum absolute atomic E-state index is 11.5. The number of hydrogen-bond donors (Lipinski definition) is 2. The molecular formula is C13H18N2O2. The molecule has 0 amide bonds. The molecule has 0 saturated heterocycles. The average Bonchev–Trinajstić information content (AvgIpc) is 2.71. The quantitative estimate of drug-likeness (QED) is 0.789. The second-order valence-electron chi connectivity index (χ2n) is 4.34. The van der Waals surface area contributed by atoms with E-state index >= 15 is 0 Å². The number of nitrogens with one attached hydrogen (secondary N) is 2. The second-order valence-corrected chi connectivity index (χ2v) is 4.34.